The predicted molar refractivity (Wildman–Crippen MR) is 50.2 cm³/mol. The molecule has 1 aliphatic heterocycles. The average molecular weight is 207 g/mol. The summed E-state index contributed by atoms with van der Waals surface area (Å²) >= 11 is 0. The van der Waals surface area contributed by atoms with Gasteiger partial charge in [0.15, 0.2) is 11.9 Å². The van der Waals surface area contributed by atoms with E-state index in [2.05, 4.69) is 20.5 Å². The molecular weight excluding hydrogens is 198 g/mol. The Morgan fingerprint density at radius 1 is 1.60 bits per heavy atom. The fourth-order valence-corrected chi connectivity index (χ4v) is 1.76. The number of rotatable bonds is 1. The van der Waals surface area contributed by atoms with Crippen LogP contribution in [0.1, 0.15) is 19.1 Å². The quantitative estimate of drug-likeness (QED) is 0.701. The zero-order chi connectivity index (χ0) is 10.3. The number of H-pyrrole nitrogens is 1. The first-order valence-corrected chi connectivity index (χ1v) is 4.76. The van der Waals surface area contributed by atoms with Crippen molar-refractivity contribution in [1.82, 2.24) is 25.2 Å². The molecule has 1 saturated heterocycles. The van der Waals surface area contributed by atoms with Crippen molar-refractivity contribution in [1.29, 1.82) is 0 Å². The first-order valence-electron chi connectivity index (χ1n) is 4.76. The maximum absolute atomic E-state index is 11.4. The van der Waals surface area contributed by atoms with Gasteiger partial charge in [0.1, 0.15) is 5.39 Å². The fourth-order valence-electron chi connectivity index (χ4n) is 1.76. The molecule has 1 aliphatic rings. The summed E-state index contributed by atoms with van der Waals surface area (Å²) in [5.41, 5.74) is 0.204. The second-order valence-corrected chi connectivity index (χ2v) is 3.44. The van der Waals surface area contributed by atoms with Gasteiger partial charge in [-0.05, 0) is 12.8 Å². The van der Waals surface area contributed by atoms with E-state index in [4.69, 9.17) is 4.74 Å². The molecule has 0 aromatic carbocycles. The topological polar surface area (TPSA) is 85.7 Å². The van der Waals surface area contributed by atoms with E-state index in [1.165, 1.54) is 6.20 Å². The van der Waals surface area contributed by atoms with Crippen LogP contribution in [0.15, 0.2) is 11.0 Å². The van der Waals surface area contributed by atoms with Crippen molar-refractivity contribution in [2.45, 2.75) is 19.1 Å². The molecule has 2 aromatic heterocycles. The van der Waals surface area contributed by atoms with Crippen LogP contribution in [0.4, 0.5) is 0 Å². The smallest absolute Gasteiger partial charge is 0.278 e. The van der Waals surface area contributed by atoms with Gasteiger partial charge in [-0.2, -0.15) is 5.10 Å². The standard InChI is InChI=1S/C8H9N5O2/c14-8-5-4-9-13(6-2-1-3-15-6)7(5)10-12-11-8/h4,6H,1-3H2,(H,10,11,14). The van der Waals surface area contributed by atoms with Crippen LogP contribution in [0, 0.1) is 0 Å². The molecule has 1 N–H and O–H groups in total. The molecule has 0 spiro atoms. The molecule has 3 heterocycles. The number of ether oxygens (including phenoxy) is 1. The van der Waals surface area contributed by atoms with E-state index in [1.807, 2.05) is 0 Å². The molecule has 78 valence electrons. The van der Waals surface area contributed by atoms with Crippen LogP contribution in [-0.4, -0.2) is 31.8 Å². The summed E-state index contributed by atoms with van der Waals surface area (Å²) in [4.78, 5) is 11.4. The van der Waals surface area contributed by atoms with E-state index >= 15 is 0 Å². The van der Waals surface area contributed by atoms with Crippen molar-refractivity contribution in [3.63, 3.8) is 0 Å². The van der Waals surface area contributed by atoms with Gasteiger partial charge in [-0.1, -0.05) is 5.21 Å². The van der Waals surface area contributed by atoms with E-state index in [0.29, 0.717) is 11.0 Å². The minimum absolute atomic E-state index is 0.112. The predicted octanol–water partition coefficient (Wildman–Crippen LogP) is -0.176. The van der Waals surface area contributed by atoms with E-state index in [-0.39, 0.29) is 11.8 Å². The third-order valence-corrected chi connectivity index (χ3v) is 2.49. The molecule has 3 rings (SSSR count). The van der Waals surface area contributed by atoms with Crippen molar-refractivity contribution < 1.29 is 4.74 Å². The monoisotopic (exact) mass is 207 g/mol. The number of nitrogens with zero attached hydrogens (tertiary/aromatic N) is 4. The van der Waals surface area contributed by atoms with Crippen LogP contribution in [0.25, 0.3) is 11.0 Å². The Hall–Kier alpha value is -1.76. The van der Waals surface area contributed by atoms with Crippen LogP contribution in [-0.2, 0) is 4.74 Å². The van der Waals surface area contributed by atoms with Crippen molar-refractivity contribution in [2.75, 3.05) is 6.61 Å². The van der Waals surface area contributed by atoms with E-state index in [0.717, 1.165) is 19.4 Å². The summed E-state index contributed by atoms with van der Waals surface area (Å²) in [7, 11) is 0. The molecule has 0 saturated carbocycles. The Bertz CT molecular complexity index is 539. The Morgan fingerprint density at radius 3 is 3.33 bits per heavy atom. The number of fused-ring (bicyclic) bond motifs is 1. The molecular formula is C8H9N5O2. The minimum Gasteiger partial charge on any atom is -0.356 e. The Kier molecular flexibility index (Phi) is 1.78. The van der Waals surface area contributed by atoms with Gasteiger partial charge in [0.2, 0.25) is 0 Å². The lowest BCUT2D eigenvalue weighted by Gasteiger charge is -2.09. The largest absolute Gasteiger partial charge is 0.356 e. The van der Waals surface area contributed by atoms with Crippen molar-refractivity contribution >= 4 is 11.0 Å². The Balaban J connectivity index is 2.19. The minimum atomic E-state index is -0.274. The zero-order valence-corrected chi connectivity index (χ0v) is 7.88. The third kappa shape index (κ3) is 1.23. The lowest BCUT2D eigenvalue weighted by atomic mass is 10.3. The number of hydrogen-bond donors (Lipinski definition) is 1. The highest BCUT2D eigenvalue weighted by Crippen LogP contribution is 2.23. The second-order valence-electron chi connectivity index (χ2n) is 3.44. The molecule has 7 heteroatoms. The summed E-state index contributed by atoms with van der Waals surface area (Å²) < 4.78 is 7.08. The lowest BCUT2D eigenvalue weighted by molar-refractivity contribution is 0.0497. The van der Waals surface area contributed by atoms with Gasteiger partial charge in [0, 0.05) is 6.61 Å². The van der Waals surface area contributed by atoms with Crippen molar-refractivity contribution in [2.24, 2.45) is 0 Å². The van der Waals surface area contributed by atoms with E-state index < -0.39 is 0 Å². The molecule has 15 heavy (non-hydrogen) atoms. The van der Waals surface area contributed by atoms with Crippen molar-refractivity contribution in [3.05, 3.63) is 16.6 Å². The first kappa shape index (κ1) is 8.54. The zero-order valence-electron chi connectivity index (χ0n) is 7.88. The molecule has 7 nitrogen and oxygen atoms in total. The first-order chi connectivity index (χ1) is 7.36. The molecule has 1 unspecified atom stereocenters. The molecule has 0 radical (unpaired) electrons. The van der Waals surface area contributed by atoms with E-state index in [9.17, 15) is 4.79 Å². The van der Waals surface area contributed by atoms with Gasteiger partial charge >= 0.3 is 0 Å². The average Bonchev–Trinajstić information content (AvgIpc) is 2.85. The lowest BCUT2D eigenvalue weighted by Crippen LogP contribution is -2.13. The van der Waals surface area contributed by atoms with Gasteiger partial charge < -0.3 is 4.74 Å². The summed E-state index contributed by atoms with van der Waals surface area (Å²) in [5.74, 6) is 0. The molecule has 1 atom stereocenters. The highest BCUT2D eigenvalue weighted by Gasteiger charge is 2.21. The van der Waals surface area contributed by atoms with Crippen LogP contribution in [0.5, 0.6) is 0 Å². The van der Waals surface area contributed by atoms with Gasteiger partial charge in [0.25, 0.3) is 5.56 Å². The molecule has 2 aromatic rings. The van der Waals surface area contributed by atoms with Gasteiger partial charge in [0.05, 0.1) is 6.20 Å². The van der Waals surface area contributed by atoms with Crippen LogP contribution >= 0.6 is 0 Å². The summed E-state index contributed by atoms with van der Waals surface area (Å²) in [6.07, 6.45) is 3.27. The highest BCUT2D eigenvalue weighted by molar-refractivity contribution is 5.72. The fraction of sp³-hybridized carbons (Fsp3) is 0.500. The van der Waals surface area contributed by atoms with E-state index in [1.54, 1.807) is 4.68 Å². The maximum atomic E-state index is 11.4. The number of hydrogen-bond acceptors (Lipinski definition) is 5. The summed E-state index contributed by atoms with van der Waals surface area (Å²) in [6.45, 7) is 0.725. The van der Waals surface area contributed by atoms with Crippen LogP contribution in [0.2, 0.25) is 0 Å². The molecule has 0 bridgehead atoms. The Labute approximate surface area is 84.0 Å². The second kappa shape index (κ2) is 3.13. The van der Waals surface area contributed by atoms with Crippen LogP contribution in [0.3, 0.4) is 0 Å². The molecule has 0 aliphatic carbocycles. The highest BCUT2D eigenvalue weighted by atomic mass is 16.5. The maximum Gasteiger partial charge on any atom is 0.278 e. The van der Waals surface area contributed by atoms with Gasteiger partial charge in [-0.25, -0.2) is 9.78 Å². The number of aromatic amines is 1. The summed E-state index contributed by atoms with van der Waals surface area (Å²) in [5, 5.41) is 14.2. The molecule has 0 amide bonds. The van der Waals surface area contributed by atoms with Crippen molar-refractivity contribution in [3.8, 4) is 0 Å². The Morgan fingerprint density at radius 2 is 2.53 bits per heavy atom. The number of aromatic nitrogens is 5. The van der Waals surface area contributed by atoms with Gasteiger partial charge in [-0.15, -0.1) is 5.10 Å². The van der Waals surface area contributed by atoms with Crippen LogP contribution < -0.4 is 5.56 Å². The summed E-state index contributed by atoms with van der Waals surface area (Å²) in [6, 6.07) is 0. The van der Waals surface area contributed by atoms with Gasteiger partial charge in [-0.3, -0.25) is 4.79 Å². The molecule has 1 fully saturated rings. The SMILES string of the molecule is O=c1[nH]nnc2c1cnn2C1CCCO1. The normalized spacial score (nSPS) is 21.2. The third-order valence-electron chi connectivity index (χ3n) is 2.49. The number of nitrogens with one attached hydrogen (secondary N) is 1.